The minimum Gasteiger partial charge on any atom is -0.360 e. The molecule has 0 spiro atoms. The van der Waals surface area contributed by atoms with Crippen LogP contribution in [0, 0.1) is 13.8 Å². The molecule has 1 aliphatic rings. The van der Waals surface area contributed by atoms with E-state index >= 15 is 0 Å². The Balaban J connectivity index is 1.81. The normalized spacial score (nSPS) is 16.0. The molecular formula is C21H19N3O. The maximum absolute atomic E-state index is 13.0. The van der Waals surface area contributed by atoms with E-state index in [0.717, 1.165) is 22.6 Å². The summed E-state index contributed by atoms with van der Waals surface area (Å²) >= 11 is 0. The van der Waals surface area contributed by atoms with Crippen molar-refractivity contribution in [1.29, 1.82) is 0 Å². The Morgan fingerprint density at radius 2 is 1.80 bits per heavy atom. The van der Waals surface area contributed by atoms with Crippen LogP contribution in [-0.4, -0.2) is 10.9 Å². The van der Waals surface area contributed by atoms with Crippen molar-refractivity contribution in [3.63, 3.8) is 0 Å². The minimum atomic E-state index is -0.327. The number of carbonyl (C=O) groups excluding carboxylic acids is 1. The van der Waals surface area contributed by atoms with Crippen LogP contribution in [0.5, 0.6) is 0 Å². The number of nitrogens with one attached hydrogen (secondary N) is 1. The third-order valence-corrected chi connectivity index (χ3v) is 4.52. The molecule has 0 radical (unpaired) electrons. The Hall–Kier alpha value is -3.14. The van der Waals surface area contributed by atoms with Gasteiger partial charge < -0.3 is 5.32 Å². The molecule has 1 aromatic heterocycles. The van der Waals surface area contributed by atoms with Gasteiger partial charge in [0.05, 0.1) is 11.3 Å². The molecule has 3 aromatic rings. The van der Waals surface area contributed by atoms with Gasteiger partial charge in [-0.3, -0.25) is 14.7 Å². The summed E-state index contributed by atoms with van der Waals surface area (Å²) in [5.41, 5.74) is 5.58. The molecule has 0 unspecified atom stereocenters. The minimum absolute atomic E-state index is 0.0305. The zero-order valence-electron chi connectivity index (χ0n) is 14.2. The molecule has 2 heterocycles. The molecule has 4 heteroatoms. The summed E-state index contributed by atoms with van der Waals surface area (Å²) in [4.78, 5) is 19.3. The molecule has 1 atom stereocenters. The second-order valence-corrected chi connectivity index (χ2v) is 6.31. The molecule has 0 fully saturated rings. The van der Waals surface area contributed by atoms with Crippen molar-refractivity contribution in [2.45, 2.75) is 20.0 Å². The van der Waals surface area contributed by atoms with Gasteiger partial charge in [0.25, 0.3) is 5.91 Å². The quantitative estimate of drug-likeness (QED) is 0.771. The second-order valence-electron chi connectivity index (χ2n) is 6.31. The predicted octanol–water partition coefficient (Wildman–Crippen LogP) is 4.47. The van der Waals surface area contributed by atoms with Gasteiger partial charge in [-0.15, -0.1) is 0 Å². The third-order valence-electron chi connectivity index (χ3n) is 4.52. The number of anilines is 2. The average molecular weight is 329 g/mol. The number of hydrogen-bond donors (Lipinski definition) is 1. The second kappa shape index (κ2) is 6.06. The highest BCUT2D eigenvalue weighted by molar-refractivity contribution is 6.11. The zero-order chi connectivity index (χ0) is 17.4. The lowest BCUT2D eigenvalue weighted by Gasteiger charge is -2.27. The van der Waals surface area contributed by atoms with Crippen LogP contribution >= 0.6 is 0 Å². The van der Waals surface area contributed by atoms with Gasteiger partial charge in [-0.25, -0.2) is 0 Å². The summed E-state index contributed by atoms with van der Waals surface area (Å²) in [7, 11) is 0. The number of aryl methyl sites for hydroxylation is 2. The monoisotopic (exact) mass is 329 g/mol. The van der Waals surface area contributed by atoms with Crippen LogP contribution in [0.1, 0.15) is 33.3 Å². The average Bonchev–Trinajstić information content (AvgIpc) is 2.91. The lowest BCUT2D eigenvalue weighted by molar-refractivity contribution is 0.0993. The van der Waals surface area contributed by atoms with Gasteiger partial charge in [0.1, 0.15) is 0 Å². The first-order valence-electron chi connectivity index (χ1n) is 8.32. The van der Waals surface area contributed by atoms with E-state index in [9.17, 15) is 4.79 Å². The lowest BCUT2D eigenvalue weighted by atomic mass is 10.1. The van der Waals surface area contributed by atoms with Crippen molar-refractivity contribution >= 4 is 17.3 Å². The zero-order valence-corrected chi connectivity index (χ0v) is 14.2. The molecule has 25 heavy (non-hydrogen) atoms. The first-order chi connectivity index (χ1) is 12.1. The topological polar surface area (TPSA) is 45.2 Å². The van der Waals surface area contributed by atoms with Crippen molar-refractivity contribution in [3.8, 4) is 0 Å². The van der Waals surface area contributed by atoms with Crippen LogP contribution in [0.2, 0.25) is 0 Å². The van der Waals surface area contributed by atoms with Gasteiger partial charge >= 0.3 is 0 Å². The van der Waals surface area contributed by atoms with Crippen LogP contribution < -0.4 is 10.2 Å². The molecule has 1 amide bonds. The fraction of sp³-hybridized carbons (Fsp3) is 0.143. The number of pyridine rings is 1. The largest absolute Gasteiger partial charge is 0.360 e. The van der Waals surface area contributed by atoms with Crippen LogP contribution in [-0.2, 0) is 0 Å². The fourth-order valence-corrected chi connectivity index (χ4v) is 3.21. The van der Waals surface area contributed by atoms with Crippen molar-refractivity contribution in [3.05, 3.63) is 89.2 Å². The molecule has 1 N–H and O–H groups in total. The first-order valence-corrected chi connectivity index (χ1v) is 8.32. The molecule has 0 bridgehead atoms. The molecule has 4 nitrogen and oxygen atoms in total. The SMILES string of the molecule is Cc1ccc(C)c(N[C@H]2c3ncccc3C(=O)N2c2ccccc2)c1. The number of rotatable bonds is 3. The number of aromatic nitrogens is 1. The molecular weight excluding hydrogens is 310 g/mol. The molecule has 2 aromatic carbocycles. The summed E-state index contributed by atoms with van der Waals surface area (Å²) in [6.45, 7) is 4.12. The number of carbonyl (C=O) groups is 1. The van der Waals surface area contributed by atoms with E-state index in [-0.39, 0.29) is 12.1 Å². The van der Waals surface area contributed by atoms with E-state index in [1.165, 1.54) is 5.56 Å². The van der Waals surface area contributed by atoms with Crippen LogP contribution in [0.15, 0.2) is 66.9 Å². The highest BCUT2D eigenvalue weighted by atomic mass is 16.2. The third kappa shape index (κ3) is 2.66. The van der Waals surface area contributed by atoms with E-state index in [1.54, 1.807) is 17.2 Å². The smallest absolute Gasteiger partial charge is 0.262 e. The number of para-hydroxylation sites is 1. The molecule has 0 saturated heterocycles. The summed E-state index contributed by atoms with van der Waals surface area (Å²) in [6, 6.07) is 19.6. The Labute approximate surface area is 147 Å². The number of hydrogen-bond acceptors (Lipinski definition) is 3. The van der Waals surface area contributed by atoms with Crippen LogP contribution in [0.4, 0.5) is 11.4 Å². The number of nitrogens with zero attached hydrogens (tertiary/aromatic N) is 2. The fourth-order valence-electron chi connectivity index (χ4n) is 3.21. The highest BCUT2D eigenvalue weighted by Crippen LogP contribution is 2.37. The van der Waals surface area contributed by atoms with Crippen molar-refractivity contribution in [2.24, 2.45) is 0 Å². The van der Waals surface area contributed by atoms with Crippen molar-refractivity contribution in [2.75, 3.05) is 10.2 Å². The van der Waals surface area contributed by atoms with E-state index < -0.39 is 0 Å². The lowest BCUT2D eigenvalue weighted by Crippen LogP contribution is -2.32. The summed E-state index contributed by atoms with van der Waals surface area (Å²) in [5.74, 6) is -0.0305. The van der Waals surface area contributed by atoms with Crippen molar-refractivity contribution < 1.29 is 4.79 Å². The van der Waals surface area contributed by atoms with Gasteiger partial charge in [-0.2, -0.15) is 0 Å². The number of amides is 1. The Morgan fingerprint density at radius 1 is 1.00 bits per heavy atom. The standard InChI is InChI=1S/C21H19N3O/c1-14-10-11-15(2)18(13-14)23-20-19-17(9-6-12-22-19)21(25)24(20)16-7-4-3-5-8-16/h3-13,20,23H,1-2H3/t20-/m1/s1. The maximum Gasteiger partial charge on any atom is 0.262 e. The van der Waals surface area contributed by atoms with Gasteiger partial charge in [-0.05, 0) is 55.3 Å². The Morgan fingerprint density at radius 3 is 2.60 bits per heavy atom. The Kier molecular flexibility index (Phi) is 3.73. The van der Waals surface area contributed by atoms with Gasteiger partial charge in [0, 0.05) is 17.6 Å². The van der Waals surface area contributed by atoms with E-state index in [4.69, 9.17) is 0 Å². The molecule has 0 aliphatic carbocycles. The Bertz CT molecular complexity index is 937. The highest BCUT2D eigenvalue weighted by Gasteiger charge is 2.39. The molecule has 124 valence electrons. The van der Waals surface area contributed by atoms with E-state index in [2.05, 4.69) is 42.3 Å². The summed E-state index contributed by atoms with van der Waals surface area (Å²) in [6.07, 6.45) is 1.41. The van der Waals surface area contributed by atoms with Crippen molar-refractivity contribution in [1.82, 2.24) is 4.98 Å². The van der Waals surface area contributed by atoms with Gasteiger partial charge in [-0.1, -0.05) is 30.3 Å². The molecule has 1 aliphatic heterocycles. The molecule has 0 saturated carbocycles. The van der Waals surface area contributed by atoms with Crippen LogP contribution in [0.25, 0.3) is 0 Å². The summed E-state index contributed by atoms with van der Waals surface area (Å²) < 4.78 is 0. The van der Waals surface area contributed by atoms with Gasteiger partial charge in [0.2, 0.25) is 0 Å². The number of benzene rings is 2. The first kappa shape index (κ1) is 15.4. The van der Waals surface area contributed by atoms with Crippen LogP contribution in [0.3, 0.4) is 0 Å². The van der Waals surface area contributed by atoms with E-state index in [0.29, 0.717) is 5.56 Å². The maximum atomic E-state index is 13.0. The molecule has 4 rings (SSSR count). The van der Waals surface area contributed by atoms with E-state index in [1.807, 2.05) is 36.4 Å². The summed E-state index contributed by atoms with van der Waals surface area (Å²) in [5, 5.41) is 3.53. The van der Waals surface area contributed by atoms with Gasteiger partial charge in [0.15, 0.2) is 6.17 Å². The number of fused-ring (bicyclic) bond motifs is 1. The predicted molar refractivity (Wildman–Crippen MR) is 99.8 cm³/mol.